The van der Waals surface area contributed by atoms with Crippen LogP contribution in [0.25, 0.3) is 0 Å². The Morgan fingerprint density at radius 3 is 2.40 bits per heavy atom. The molecule has 0 aliphatic rings. The van der Waals surface area contributed by atoms with Gasteiger partial charge in [0.2, 0.25) is 15.9 Å². The summed E-state index contributed by atoms with van der Waals surface area (Å²) in [7, 11) is -3.58. The summed E-state index contributed by atoms with van der Waals surface area (Å²) in [6.07, 6.45) is 0.261. The summed E-state index contributed by atoms with van der Waals surface area (Å²) < 4.78 is 28.2. The molecule has 0 spiro atoms. The van der Waals surface area contributed by atoms with E-state index in [1.54, 1.807) is 19.1 Å². The average Bonchev–Trinajstić information content (AvgIpc) is 2.56. The number of halogens is 1. The molecular weight excluding hydrogens is 404 g/mol. The molecule has 2 N–H and O–H groups in total. The Kier molecular flexibility index (Phi) is 6.75. The first kappa shape index (κ1) is 19.6. The maximum absolute atomic E-state index is 12.3. The van der Waals surface area contributed by atoms with Gasteiger partial charge in [-0.1, -0.05) is 40.2 Å². The molecule has 1 amide bonds. The molecule has 0 radical (unpaired) electrons. The van der Waals surface area contributed by atoms with Crippen molar-refractivity contribution in [2.75, 3.05) is 13.1 Å². The van der Waals surface area contributed by atoms with Gasteiger partial charge in [0.05, 0.1) is 11.3 Å². The zero-order chi connectivity index (χ0) is 18.4. The monoisotopic (exact) mass is 424 g/mol. The molecule has 0 saturated carbocycles. The number of sulfonamides is 1. The first-order valence-corrected chi connectivity index (χ1v) is 10.1. The molecule has 0 saturated heterocycles. The van der Waals surface area contributed by atoms with Gasteiger partial charge >= 0.3 is 0 Å². The van der Waals surface area contributed by atoms with Crippen LogP contribution >= 0.6 is 15.9 Å². The largest absolute Gasteiger partial charge is 0.355 e. The SMILES string of the molecule is Cc1ccc(C)c(S(=O)(=O)NCCNC(=O)Cc2ccc(Br)cc2)c1. The van der Waals surface area contributed by atoms with Crippen LogP contribution in [-0.4, -0.2) is 27.4 Å². The van der Waals surface area contributed by atoms with E-state index >= 15 is 0 Å². The Balaban J connectivity index is 1.82. The third-order valence-electron chi connectivity index (χ3n) is 3.65. The number of carbonyl (C=O) groups is 1. The van der Waals surface area contributed by atoms with Crippen molar-refractivity contribution in [1.82, 2.24) is 10.0 Å². The molecule has 2 rings (SSSR count). The van der Waals surface area contributed by atoms with Gasteiger partial charge in [-0.3, -0.25) is 4.79 Å². The van der Waals surface area contributed by atoms with Crippen LogP contribution in [0.5, 0.6) is 0 Å². The standard InChI is InChI=1S/C18H21BrN2O3S/c1-13-3-4-14(2)17(11-13)25(23,24)21-10-9-20-18(22)12-15-5-7-16(19)8-6-15/h3-8,11,21H,9-10,12H2,1-2H3,(H,20,22). The maximum atomic E-state index is 12.3. The average molecular weight is 425 g/mol. The van der Waals surface area contributed by atoms with Crippen molar-refractivity contribution in [2.45, 2.75) is 25.2 Å². The van der Waals surface area contributed by atoms with Gasteiger partial charge < -0.3 is 5.32 Å². The number of amides is 1. The minimum Gasteiger partial charge on any atom is -0.355 e. The molecule has 7 heteroatoms. The van der Waals surface area contributed by atoms with Gasteiger partial charge in [0.25, 0.3) is 0 Å². The van der Waals surface area contributed by atoms with E-state index in [2.05, 4.69) is 26.0 Å². The highest BCUT2D eigenvalue weighted by atomic mass is 79.9. The van der Waals surface area contributed by atoms with Crippen LogP contribution in [0.2, 0.25) is 0 Å². The predicted octanol–water partition coefficient (Wildman–Crippen LogP) is 2.70. The van der Waals surface area contributed by atoms with E-state index in [4.69, 9.17) is 0 Å². The van der Waals surface area contributed by atoms with Crippen molar-refractivity contribution in [2.24, 2.45) is 0 Å². The molecule has 0 atom stereocenters. The van der Waals surface area contributed by atoms with E-state index in [1.165, 1.54) is 0 Å². The number of nitrogens with one attached hydrogen (secondary N) is 2. The Morgan fingerprint density at radius 2 is 1.72 bits per heavy atom. The molecule has 25 heavy (non-hydrogen) atoms. The molecule has 2 aromatic rings. The molecule has 5 nitrogen and oxygen atoms in total. The van der Waals surface area contributed by atoms with Crippen LogP contribution < -0.4 is 10.0 Å². The lowest BCUT2D eigenvalue weighted by Crippen LogP contribution is -2.35. The number of aryl methyl sites for hydroxylation is 2. The normalized spacial score (nSPS) is 11.3. The number of rotatable bonds is 7. The summed E-state index contributed by atoms with van der Waals surface area (Å²) in [6, 6.07) is 12.8. The zero-order valence-corrected chi connectivity index (χ0v) is 16.6. The quantitative estimate of drug-likeness (QED) is 0.670. The van der Waals surface area contributed by atoms with Gasteiger partial charge in [-0.2, -0.15) is 0 Å². The topological polar surface area (TPSA) is 75.3 Å². The molecule has 0 fully saturated rings. The summed E-state index contributed by atoms with van der Waals surface area (Å²) in [5.41, 5.74) is 2.47. The summed E-state index contributed by atoms with van der Waals surface area (Å²) in [6.45, 7) is 3.98. The molecule has 0 aromatic heterocycles. The van der Waals surface area contributed by atoms with Gasteiger partial charge in [0.15, 0.2) is 0 Å². The second kappa shape index (κ2) is 8.60. The number of carbonyl (C=O) groups excluding carboxylic acids is 1. The molecule has 0 unspecified atom stereocenters. The predicted molar refractivity (Wildman–Crippen MR) is 102 cm³/mol. The lowest BCUT2D eigenvalue weighted by molar-refractivity contribution is -0.120. The second-order valence-corrected chi connectivity index (χ2v) is 8.47. The van der Waals surface area contributed by atoms with E-state index in [9.17, 15) is 13.2 Å². The van der Waals surface area contributed by atoms with Gasteiger partial charge in [-0.15, -0.1) is 0 Å². The molecule has 0 aliphatic heterocycles. The Bertz CT molecular complexity index is 849. The number of hydrogen-bond donors (Lipinski definition) is 2. The maximum Gasteiger partial charge on any atom is 0.240 e. The van der Waals surface area contributed by atoms with Gasteiger partial charge in [-0.25, -0.2) is 13.1 Å². The highest BCUT2D eigenvalue weighted by Crippen LogP contribution is 2.16. The first-order chi connectivity index (χ1) is 11.8. The fourth-order valence-corrected chi connectivity index (χ4v) is 3.94. The van der Waals surface area contributed by atoms with Gasteiger partial charge in [0, 0.05) is 17.6 Å². The van der Waals surface area contributed by atoms with Crippen molar-refractivity contribution in [3.05, 3.63) is 63.6 Å². The Morgan fingerprint density at radius 1 is 1.04 bits per heavy atom. The zero-order valence-electron chi connectivity index (χ0n) is 14.2. The van der Waals surface area contributed by atoms with E-state index in [0.717, 1.165) is 15.6 Å². The van der Waals surface area contributed by atoms with Crippen LogP contribution in [0, 0.1) is 13.8 Å². The second-order valence-electron chi connectivity index (χ2n) is 5.82. The van der Waals surface area contributed by atoms with Crippen molar-refractivity contribution in [3.8, 4) is 0 Å². The van der Waals surface area contributed by atoms with Crippen molar-refractivity contribution in [3.63, 3.8) is 0 Å². The fourth-order valence-electron chi connectivity index (χ4n) is 2.31. The molecule has 134 valence electrons. The van der Waals surface area contributed by atoms with E-state index < -0.39 is 10.0 Å². The highest BCUT2D eigenvalue weighted by molar-refractivity contribution is 9.10. The summed E-state index contributed by atoms with van der Waals surface area (Å²) in [5, 5.41) is 2.72. The molecular formula is C18H21BrN2O3S. The van der Waals surface area contributed by atoms with Crippen LogP contribution in [0.4, 0.5) is 0 Å². The Hall–Kier alpha value is -1.70. The van der Waals surface area contributed by atoms with Gasteiger partial charge in [0.1, 0.15) is 0 Å². The fraction of sp³-hybridized carbons (Fsp3) is 0.278. The lowest BCUT2D eigenvalue weighted by atomic mass is 10.1. The molecule has 0 bridgehead atoms. The van der Waals surface area contributed by atoms with Gasteiger partial charge in [-0.05, 0) is 48.7 Å². The van der Waals surface area contributed by atoms with E-state index in [-0.39, 0.29) is 30.3 Å². The van der Waals surface area contributed by atoms with Crippen molar-refractivity contribution >= 4 is 31.9 Å². The number of benzene rings is 2. The molecule has 2 aromatic carbocycles. The van der Waals surface area contributed by atoms with Crippen LogP contribution in [-0.2, 0) is 21.2 Å². The van der Waals surface area contributed by atoms with Crippen LogP contribution in [0.1, 0.15) is 16.7 Å². The molecule has 0 heterocycles. The van der Waals surface area contributed by atoms with E-state index in [0.29, 0.717) is 5.56 Å². The van der Waals surface area contributed by atoms with E-state index in [1.807, 2.05) is 37.3 Å². The Labute approximate surface area is 157 Å². The van der Waals surface area contributed by atoms with Crippen LogP contribution in [0.15, 0.2) is 51.8 Å². The van der Waals surface area contributed by atoms with Crippen molar-refractivity contribution in [1.29, 1.82) is 0 Å². The minimum atomic E-state index is -3.58. The number of hydrogen-bond acceptors (Lipinski definition) is 3. The first-order valence-electron chi connectivity index (χ1n) is 7.86. The third kappa shape index (κ3) is 5.95. The highest BCUT2D eigenvalue weighted by Gasteiger charge is 2.16. The minimum absolute atomic E-state index is 0.141. The smallest absolute Gasteiger partial charge is 0.240 e. The summed E-state index contributed by atoms with van der Waals surface area (Å²) >= 11 is 3.34. The third-order valence-corrected chi connectivity index (χ3v) is 5.78. The summed E-state index contributed by atoms with van der Waals surface area (Å²) in [4.78, 5) is 12.2. The molecule has 0 aliphatic carbocycles. The summed E-state index contributed by atoms with van der Waals surface area (Å²) in [5.74, 6) is -0.145. The van der Waals surface area contributed by atoms with Crippen LogP contribution in [0.3, 0.4) is 0 Å². The lowest BCUT2D eigenvalue weighted by Gasteiger charge is -2.11. The van der Waals surface area contributed by atoms with Crippen molar-refractivity contribution < 1.29 is 13.2 Å².